The van der Waals surface area contributed by atoms with Gasteiger partial charge in [-0.3, -0.25) is 9.59 Å². The minimum Gasteiger partial charge on any atom is -0.347 e. The third kappa shape index (κ3) is 4.71. The predicted octanol–water partition coefficient (Wildman–Crippen LogP) is 1.70. The number of amides is 2. The summed E-state index contributed by atoms with van der Waals surface area (Å²) in [5, 5.41) is 8.73. The van der Waals surface area contributed by atoms with Gasteiger partial charge in [-0.05, 0) is 44.9 Å². The molecular formula is C16H24ClN3O2. The van der Waals surface area contributed by atoms with Gasteiger partial charge in [0.1, 0.15) is 0 Å². The molecule has 0 saturated carbocycles. The maximum Gasteiger partial charge on any atom is 0.243 e. The highest BCUT2D eigenvalue weighted by Gasteiger charge is 2.22. The molecular weight excluding hydrogens is 302 g/mol. The van der Waals surface area contributed by atoms with Gasteiger partial charge in [0.05, 0.1) is 12.5 Å². The van der Waals surface area contributed by atoms with E-state index >= 15 is 0 Å². The van der Waals surface area contributed by atoms with Gasteiger partial charge in [0.15, 0.2) is 0 Å². The fourth-order valence-corrected chi connectivity index (χ4v) is 2.75. The van der Waals surface area contributed by atoms with Crippen LogP contribution in [0.4, 0.5) is 5.69 Å². The number of nitrogens with one attached hydrogen (secondary N) is 3. The molecule has 1 atom stereocenters. The van der Waals surface area contributed by atoms with Crippen LogP contribution < -0.4 is 16.0 Å². The molecule has 2 rings (SSSR count). The summed E-state index contributed by atoms with van der Waals surface area (Å²) in [6.07, 6.45) is 0.837. The molecule has 122 valence electrons. The van der Waals surface area contributed by atoms with Crippen LogP contribution in [0.25, 0.3) is 0 Å². The second-order valence-electron chi connectivity index (χ2n) is 5.73. The minimum absolute atomic E-state index is 0. The Kier molecular flexibility index (Phi) is 6.84. The van der Waals surface area contributed by atoms with Crippen molar-refractivity contribution >= 4 is 29.9 Å². The first kappa shape index (κ1) is 18.5. The van der Waals surface area contributed by atoms with Crippen LogP contribution in [-0.2, 0) is 9.59 Å². The van der Waals surface area contributed by atoms with Crippen molar-refractivity contribution in [2.45, 2.75) is 27.2 Å². The summed E-state index contributed by atoms with van der Waals surface area (Å²) in [5.74, 6) is -0.252. The van der Waals surface area contributed by atoms with Crippen molar-refractivity contribution in [2.24, 2.45) is 5.92 Å². The van der Waals surface area contributed by atoms with Gasteiger partial charge in [-0.2, -0.15) is 0 Å². The zero-order valence-corrected chi connectivity index (χ0v) is 14.1. The molecule has 0 aromatic heterocycles. The van der Waals surface area contributed by atoms with Crippen LogP contribution in [0.5, 0.6) is 0 Å². The normalized spacial score (nSPS) is 16.8. The molecule has 0 radical (unpaired) electrons. The van der Waals surface area contributed by atoms with Crippen LogP contribution in [0.3, 0.4) is 0 Å². The van der Waals surface area contributed by atoms with E-state index in [0.29, 0.717) is 6.54 Å². The van der Waals surface area contributed by atoms with Crippen LogP contribution >= 0.6 is 12.4 Å². The van der Waals surface area contributed by atoms with Gasteiger partial charge in [0.2, 0.25) is 11.8 Å². The number of anilines is 1. The molecule has 1 heterocycles. The van der Waals surface area contributed by atoms with E-state index in [4.69, 9.17) is 0 Å². The van der Waals surface area contributed by atoms with Crippen LogP contribution in [-0.4, -0.2) is 31.4 Å². The quantitative estimate of drug-likeness (QED) is 0.789. The Morgan fingerprint density at radius 3 is 2.41 bits per heavy atom. The highest BCUT2D eigenvalue weighted by Crippen LogP contribution is 2.21. The van der Waals surface area contributed by atoms with E-state index in [9.17, 15) is 9.59 Å². The smallest absolute Gasteiger partial charge is 0.243 e. The molecule has 1 aliphatic rings. The lowest BCUT2D eigenvalue weighted by Gasteiger charge is -2.14. The number of benzene rings is 1. The Morgan fingerprint density at radius 1 is 1.23 bits per heavy atom. The SMILES string of the molecule is Cc1cc(C)c(NC(=O)CNC(=O)C2CCNC2)c(C)c1.Cl. The third-order valence-corrected chi connectivity index (χ3v) is 3.80. The second kappa shape index (κ2) is 8.15. The topological polar surface area (TPSA) is 70.2 Å². The summed E-state index contributed by atoms with van der Waals surface area (Å²) in [6, 6.07) is 4.07. The molecule has 3 N–H and O–H groups in total. The Morgan fingerprint density at radius 2 is 1.86 bits per heavy atom. The van der Waals surface area contributed by atoms with Crippen LogP contribution in [0, 0.1) is 26.7 Å². The predicted molar refractivity (Wildman–Crippen MR) is 90.5 cm³/mol. The maximum atomic E-state index is 12.0. The van der Waals surface area contributed by atoms with Crippen molar-refractivity contribution in [2.75, 3.05) is 25.0 Å². The monoisotopic (exact) mass is 325 g/mol. The first-order valence-electron chi connectivity index (χ1n) is 7.33. The number of rotatable bonds is 4. The number of aryl methyl sites for hydroxylation is 3. The molecule has 6 heteroatoms. The lowest BCUT2D eigenvalue weighted by atomic mass is 10.1. The molecule has 1 aromatic carbocycles. The number of carbonyl (C=O) groups excluding carboxylic acids is 2. The number of hydrogen-bond donors (Lipinski definition) is 3. The molecule has 1 unspecified atom stereocenters. The van der Waals surface area contributed by atoms with Gasteiger partial charge in [0, 0.05) is 12.2 Å². The molecule has 0 spiro atoms. The molecule has 5 nitrogen and oxygen atoms in total. The van der Waals surface area contributed by atoms with Crippen molar-refractivity contribution < 1.29 is 9.59 Å². The number of carbonyl (C=O) groups is 2. The molecule has 1 aliphatic heterocycles. The van der Waals surface area contributed by atoms with Gasteiger partial charge in [-0.25, -0.2) is 0 Å². The third-order valence-electron chi connectivity index (χ3n) is 3.80. The number of halogens is 1. The fraction of sp³-hybridized carbons (Fsp3) is 0.500. The van der Waals surface area contributed by atoms with E-state index in [-0.39, 0.29) is 36.7 Å². The highest BCUT2D eigenvalue weighted by atomic mass is 35.5. The first-order chi connectivity index (χ1) is 9.97. The van der Waals surface area contributed by atoms with E-state index in [2.05, 4.69) is 16.0 Å². The van der Waals surface area contributed by atoms with Gasteiger partial charge in [0.25, 0.3) is 0 Å². The van der Waals surface area contributed by atoms with Crippen molar-refractivity contribution in [1.29, 1.82) is 0 Å². The maximum absolute atomic E-state index is 12.0. The summed E-state index contributed by atoms with van der Waals surface area (Å²) in [4.78, 5) is 23.8. The van der Waals surface area contributed by atoms with Crippen LogP contribution in [0.2, 0.25) is 0 Å². The zero-order chi connectivity index (χ0) is 15.4. The van der Waals surface area contributed by atoms with Crippen molar-refractivity contribution in [3.8, 4) is 0 Å². The van der Waals surface area contributed by atoms with E-state index in [0.717, 1.165) is 29.8 Å². The van der Waals surface area contributed by atoms with Gasteiger partial charge in [-0.15, -0.1) is 12.4 Å². The Labute approximate surface area is 137 Å². The van der Waals surface area contributed by atoms with Crippen molar-refractivity contribution in [3.63, 3.8) is 0 Å². The second-order valence-corrected chi connectivity index (χ2v) is 5.73. The van der Waals surface area contributed by atoms with E-state index in [1.807, 2.05) is 32.9 Å². The minimum atomic E-state index is -0.190. The van der Waals surface area contributed by atoms with Crippen molar-refractivity contribution in [3.05, 3.63) is 28.8 Å². The highest BCUT2D eigenvalue weighted by molar-refractivity contribution is 5.96. The van der Waals surface area contributed by atoms with Crippen molar-refractivity contribution in [1.82, 2.24) is 10.6 Å². The summed E-state index contributed by atoms with van der Waals surface area (Å²) in [6.45, 7) is 7.55. The number of hydrogen-bond acceptors (Lipinski definition) is 3. The summed E-state index contributed by atoms with van der Waals surface area (Å²) < 4.78 is 0. The lowest BCUT2D eigenvalue weighted by Crippen LogP contribution is -2.37. The Hall–Kier alpha value is -1.59. The van der Waals surface area contributed by atoms with Gasteiger partial charge < -0.3 is 16.0 Å². The van der Waals surface area contributed by atoms with E-state index in [1.165, 1.54) is 5.56 Å². The zero-order valence-electron chi connectivity index (χ0n) is 13.3. The standard InChI is InChI=1S/C16H23N3O2.ClH/c1-10-6-11(2)15(12(3)7-10)19-14(20)9-18-16(21)13-4-5-17-8-13;/h6-7,13,17H,4-5,8-9H2,1-3H3,(H,18,21)(H,19,20);1H. The first-order valence-corrected chi connectivity index (χ1v) is 7.33. The Bertz CT molecular complexity index is 531. The van der Waals surface area contributed by atoms with Crippen LogP contribution in [0.15, 0.2) is 12.1 Å². The van der Waals surface area contributed by atoms with Crippen LogP contribution in [0.1, 0.15) is 23.1 Å². The molecule has 1 fully saturated rings. The average Bonchev–Trinajstić information content (AvgIpc) is 2.94. The molecule has 0 aliphatic carbocycles. The average molecular weight is 326 g/mol. The fourth-order valence-electron chi connectivity index (χ4n) is 2.75. The van der Waals surface area contributed by atoms with Gasteiger partial charge in [-0.1, -0.05) is 17.7 Å². The molecule has 2 amide bonds. The van der Waals surface area contributed by atoms with Gasteiger partial charge >= 0.3 is 0 Å². The molecule has 1 saturated heterocycles. The summed E-state index contributed by atoms with van der Waals surface area (Å²) in [7, 11) is 0. The summed E-state index contributed by atoms with van der Waals surface area (Å²) in [5.41, 5.74) is 4.08. The van der Waals surface area contributed by atoms with E-state index in [1.54, 1.807) is 0 Å². The summed E-state index contributed by atoms with van der Waals surface area (Å²) >= 11 is 0. The largest absolute Gasteiger partial charge is 0.347 e. The molecule has 0 bridgehead atoms. The van der Waals surface area contributed by atoms with E-state index < -0.39 is 0 Å². The molecule has 22 heavy (non-hydrogen) atoms. The Balaban J connectivity index is 0.00000242. The molecule has 1 aromatic rings. The lowest BCUT2D eigenvalue weighted by molar-refractivity contribution is -0.126.